The van der Waals surface area contributed by atoms with Gasteiger partial charge in [-0.2, -0.15) is 0 Å². The van der Waals surface area contributed by atoms with Gasteiger partial charge in [0.1, 0.15) is 17.7 Å². The van der Waals surface area contributed by atoms with Crippen LogP contribution in [0.15, 0.2) is 53.7 Å². The minimum atomic E-state index is -0.972. The molecule has 1 aromatic carbocycles. The number of hydrogen-bond acceptors (Lipinski definition) is 4. The Labute approximate surface area is 135 Å². The average molecular weight is 322 g/mol. The van der Waals surface area contributed by atoms with Gasteiger partial charge < -0.3 is 15.3 Å². The molecular weight excluding hydrogens is 308 g/mol. The summed E-state index contributed by atoms with van der Waals surface area (Å²) in [6, 6.07) is 11.6. The Morgan fingerprint density at radius 1 is 1.00 bits per heavy atom. The summed E-state index contributed by atoms with van der Waals surface area (Å²) in [6.07, 6.45) is 5.22. The van der Waals surface area contributed by atoms with Crippen LogP contribution in [-0.2, 0) is 11.2 Å². The van der Waals surface area contributed by atoms with Gasteiger partial charge in [-0.05, 0) is 53.1 Å². The lowest BCUT2D eigenvalue weighted by Crippen LogP contribution is -1.96. The molecule has 23 heavy (non-hydrogen) atoms. The van der Waals surface area contributed by atoms with E-state index in [4.69, 9.17) is 5.73 Å². The number of fused-ring (bicyclic) bond motifs is 3. The van der Waals surface area contributed by atoms with Gasteiger partial charge in [-0.25, -0.2) is 9.97 Å². The third-order valence-electron chi connectivity index (χ3n) is 3.88. The largest absolute Gasteiger partial charge is 0.612 e. The van der Waals surface area contributed by atoms with Crippen LogP contribution in [0.2, 0.25) is 0 Å². The lowest BCUT2D eigenvalue weighted by molar-refractivity contribution is 0.601. The molecule has 0 radical (unpaired) electrons. The Morgan fingerprint density at radius 2 is 1.78 bits per heavy atom. The molecule has 0 aliphatic rings. The first kappa shape index (κ1) is 14.0. The van der Waals surface area contributed by atoms with Crippen molar-refractivity contribution in [3.8, 4) is 11.1 Å². The fraction of sp³-hybridized carbons (Fsp3) is 0.0588. The lowest BCUT2D eigenvalue weighted by atomic mass is 10.1. The maximum atomic E-state index is 11.5. The number of pyridine rings is 2. The minimum absolute atomic E-state index is 0.485. The van der Waals surface area contributed by atoms with E-state index in [-0.39, 0.29) is 0 Å². The summed E-state index contributed by atoms with van der Waals surface area (Å²) in [5, 5.41) is 2.02. The predicted molar refractivity (Wildman–Crippen MR) is 93.6 cm³/mol. The molecule has 3 aromatic heterocycles. The number of rotatable bonds is 2. The van der Waals surface area contributed by atoms with Gasteiger partial charge in [0.25, 0.3) is 0 Å². The van der Waals surface area contributed by atoms with Crippen LogP contribution in [0.25, 0.3) is 33.1 Å². The van der Waals surface area contributed by atoms with Crippen molar-refractivity contribution in [2.24, 2.45) is 0 Å². The second kappa shape index (κ2) is 5.26. The highest BCUT2D eigenvalue weighted by atomic mass is 32.2. The zero-order chi connectivity index (χ0) is 16.0. The summed E-state index contributed by atoms with van der Waals surface area (Å²) < 4.78 is 11.5. The lowest BCUT2D eigenvalue weighted by Gasteiger charge is -2.06. The fourth-order valence-electron chi connectivity index (χ4n) is 2.69. The van der Waals surface area contributed by atoms with Crippen molar-refractivity contribution in [1.29, 1.82) is 0 Å². The zero-order valence-corrected chi connectivity index (χ0v) is 13.2. The second-order valence-corrected chi connectivity index (χ2v) is 6.76. The molecule has 6 heteroatoms. The summed E-state index contributed by atoms with van der Waals surface area (Å²) in [5.74, 6) is 0.485. The van der Waals surface area contributed by atoms with Crippen LogP contribution in [0.5, 0.6) is 0 Å². The van der Waals surface area contributed by atoms with Crippen LogP contribution in [0, 0.1) is 0 Å². The number of aromatic amines is 1. The van der Waals surface area contributed by atoms with E-state index in [2.05, 4.69) is 21.0 Å². The van der Waals surface area contributed by atoms with Gasteiger partial charge in [-0.3, -0.25) is 0 Å². The van der Waals surface area contributed by atoms with Crippen molar-refractivity contribution in [2.45, 2.75) is 4.90 Å². The second-order valence-electron chi connectivity index (χ2n) is 5.38. The van der Waals surface area contributed by atoms with E-state index in [1.54, 1.807) is 12.5 Å². The highest BCUT2D eigenvalue weighted by Gasteiger charge is 2.09. The highest BCUT2D eigenvalue weighted by molar-refractivity contribution is 7.90. The van der Waals surface area contributed by atoms with Gasteiger partial charge in [0.15, 0.2) is 4.90 Å². The van der Waals surface area contributed by atoms with Crippen LogP contribution in [0.4, 0.5) is 5.82 Å². The molecule has 0 bridgehead atoms. The molecule has 0 fully saturated rings. The molecule has 3 heterocycles. The van der Waals surface area contributed by atoms with Gasteiger partial charge in [-0.15, -0.1) is 0 Å². The van der Waals surface area contributed by atoms with Crippen LogP contribution in [0.1, 0.15) is 0 Å². The fourth-order valence-corrected chi connectivity index (χ4v) is 3.21. The van der Waals surface area contributed by atoms with Crippen molar-refractivity contribution in [3.63, 3.8) is 0 Å². The van der Waals surface area contributed by atoms with E-state index in [0.717, 1.165) is 38.0 Å². The monoisotopic (exact) mass is 322 g/mol. The molecular formula is C17H14N4OS. The number of nitrogens with two attached hydrogens (primary N) is 1. The van der Waals surface area contributed by atoms with E-state index < -0.39 is 11.2 Å². The summed E-state index contributed by atoms with van der Waals surface area (Å²) in [6.45, 7) is 0. The minimum Gasteiger partial charge on any atom is -0.612 e. The van der Waals surface area contributed by atoms with Gasteiger partial charge >= 0.3 is 0 Å². The van der Waals surface area contributed by atoms with Gasteiger partial charge in [-0.1, -0.05) is 0 Å². The first-order valence-electron chi connectivity index (χ1n) is 7.08. The number of benzene rings is 1. The van der Waals surface area contributed by atoms with Crippen LogP contribution in [0.3, 0.4) is 0 Å². The van der Waals surface area contributed by atoms with Crippen LogP contribution in [-0.4, -0.2) is 25.8 Å². The quantitative estimate of drug-likeness (QED) is 0.555. The molecule has 3 N–H and O–H groups in total. The Kier molecular flexibility index (Phi) is 3.21. The summed E-state index contributed by atoms with van der Waals surface area (Å²) in [7, 11) is 0. The van der Waals surface area contributed by atoms with Crippen LogP contribution < -0.4 is 5.73 Å². The van der Waals surface area contributed by atoms with Crippen molar-refractivity contribution in [3.05, 3.63) is 48.8 Å². The van der Waals surface area contributed by atoms with Gasteiger partial charge in [0.05, 0.1) is 11.7 Å². The third-order valence-corrected chi connectivity index (χ3v) is 4.81. The smallest absolute Gasteiger partial charge is 0.152 e. The first-order valence-corrected chi connectivity index (χ1v) is 8.64. The van der Waals surface area contributed by atoms with Crippen molar-refractivity contribution < 1.29 is 4.55 Å². The predicted octanol–water partition coefficient (Wildman–Crippen LogP) is 3.10. The third kappa shape index (κ3) is 2.42. The zero-order valence-electron chi connectivity index (χ0n) is 12.4. The van der Waals surface area contributed by atoms with Crippen molar-refractivity contribution >= 4 is 38.9 Å². The first-order chi connectivity index (χ1) is 11.1. The summed E-state index contributed by atoms with van der Waals surface area (Å²) in [4.78, 5) is 12.6. The molecule has 0 saturated heterocycles. The standard InChI is InChI=1S/C17H14N4OS/c1-23(22)12-4-2-10(3-5-12)11-6-14-13-7-16(18)19-9-15(13)21-17(14)20-8-11/h2-9H,1H3,(H2,18,19)(H,20,21). The summed E-state index contributed by atoms with van der Waals surface area (Å²) >= 11 is -0.972. The molecule has 0 aliphatic heterocycles. The number of nitrogen functional groups attached to an aromatic ring is 1. The molecule has 114 valence electrons. The molecule has 4 aromatic rings. The topological polar surface area (TPSA) is 90.6 Å². The van der Waals surface area contributed by atoms with E-state index in [0.29, 0.717) is 5.82 Å². The summed E-state index contributed by atoms with van der Waals surface area (Å²) in [5.41, 5.74) is 9.55. The van der Waals surface area contributed by atoms with Gasteiger partial charge in [0, 0.05) is 22.5 Å². The number of aromatic nitrogens is 3. The molecule has 0 saturated carbocycles. The normalized spacial score (nSPS) is 12.8. The van der Waals surface area contributed by atoms with E-state index in [1.165, 1.54) is 0 Å². The Bertz CT molecular complexity index is 1010. The van der Waals surface area contributed by atoms with E-state index in [9.17, 15) is 4.55 Å². The number of H-pyrrole nitrogens is 1. The molecule has 1 atom stereocenters. The molecule has 0 spiro atoms. The molecule has 0 aliphatic carbocycles. The molecule has 1 unspecified atom stereocenters. The van der Waals surface area contributed by atoms with Crippen LogP contribution >= 0.6 is 0 Å². The number of nitrogens with one attached hydrogen (secondary N) is 1. The molecule has 5 nitrogen and oxygen atoms in total. The number of anilines is 1. The van der Waals surface area contributed by atoms with E-state index in [1.807, 2.05) is 36.5 Å². The molecule has 0 amide bonds. The number of hydrogen-bond donors (Lipinski definition) is 2. The maximum Gasteiger partial charge on any atom is 0.152 e. The Hall–Kier alpha value is -2.57. The van der Waals surface area contributed by atoms with Crippen molar-refractivity contribution in [2.75, 3.05) is 12.0 Å². The van der Waals surface area contributed by atoms with E-state index >= 15 is 0 Å². The SMILES string of the molecule is C[S+]([O-])c1ccc(-c2cnc3[nH]c4cnc(N)cc4c3c2)cc1. The molecule has 4 rings (SSSR count). The maximum absolute atomic E-state index is 11.5. The average Bonchev–Trinajstić information content (AvgIpc) is 2.92. The number of nitrogens with zero attached hydrogens (tertiary/aromatic N) is 2. The Morgan fingerprint density at radius 3 is 2.52 bits per heavy atom. The Balaban J connectivity index is 1.87. The van der Waals surface area contributed by atoms with Gasteiger partial charge in [0.2, 0.25) is 0 Å². The van der Waals surface area contributed by atoms with Crippen molar-refractivity contribution in [1.82, 2.24) is 15.0 Å². The highest BCUT2D eigenvalue weighted by Crippen LogP contribution is 2.29.